The van der Waals surface area contributed by atoms with Crippen molar-refractivity contribution in [3.05, 3.63) is 17.5 Å². The van der Waals surface area contributed by atoms with Gasteiger partial charge in [-0.2, -0.15) is 5.10 Å². The van der Waals surface area contributed by atoms with Crippen molar-refractivity contribution in [2.24, 2.45) is 7.05 Å². The topological polar surface area (TPSA) is 41.9 Å². The second-order valence-corrected chi connectivity index (χ2v) is 3.64. The Kier molecular flexibility index (Phi) is 2.33. The summed E-state index contributed by atoms with van der Waals surface area (Å²) < 4.78 is 1.94. The maximum absolute atomic E-state index is 4.29. The molecule has 1 aromatic rings. The summed E-state index contributed by atoms with van der Waals surface area (Å²) in [5.74, 6) is 0. The molecule has 13 heavy (non-hydrogen) atoms. The number of rotatable bonds is 3. The Bertz CT molecular complexity index is 288. The van der Waals surface area contributed by atoms with E-state index >= 15 is 0 Å². The van der Waals surface area contributed by atoms with Gasteiger partial charge in [0.05, 0.1) is 11.4 Å². The number of nitrogens with one attached hydrogen (secondary N) is 2. The van der Waals surface area contributed by atoms with Gasteiger partial charge in [-0.05, 0) is 13.0 Å². The van der Waals surface area contributed by atoms with Gasteiger partial charge in [0.15, 0.2) is 0 Å². The van der Waals surface area contributed by atoms with Crippen LogP contribution >= 0.6 is 0 Å². The van der Waals surface area contributed by atoms with E-state index in [0.717, 1.165) is 25.3 Å². The van der Waals surface area contributed by atoms with Crippen LogP contribution in [0.25, 0.3) is 0 Å². The summed E-state index contributed by atoms with van der Waals surface area (Å²) >= 11 is 0. The highest BCUT2D eigenvalue weighted by molar-refractivity contribution is 5.08. The van der Waals surface area contributed by atoms with E-state index in [1.54, 1.807) is 0 Å². The molecule has 0 atom stereocenters. The lowest BCUT2D eigenvalue weighted by Gasteiger charge is -2.28. The second kappa shape index (κ2) is 3.47. The molecule has 0 unspecified atom stereocenters. The predicted octanol–water partition coefficient (Wildman–Crippen LogP) is -0.210. The lowest BCUT2D eigenvalue weighted by molar-refractivity contribution is 0.361. The zero-order valence-corrected chi connectivity index (χ0v) is 8.17. The van der Waals surface area contributed by atoms with Crippen molar-refractivity contribution < 1.29 is 0 Å². The smallest absolute Gasteiger partial charge is 0.0597 e. The molecule has 72 valence electrons. The Hall–Kier alpha value is -0.870. The first kappa shape index (κ1) is 8.72. The Morgan fingerprint density at radius 3 is 2.92 bits per heavy atom. The molecule has 1 fully saturated rings. The molecule has 2 rings (SSSR count). The lowest BCUT2D eigenvalue weighted by atomic mass is 10.2. The van der Waals surface area contributed by atoms with Crippen molar-refractivity contribution in [3.63, 3.8) is 0 Å². The minimum atomic E-state index is 0.648. The summed E-state index contributed by atoms with van der Waals surface area (Å²) in [6.45, 7) is 5.13. The van der Waals surface area contributed by atoms with E-state index in [2.05, 4.69) is 21.8 Å². The van der Waals surface area contributed by atoms with Gasteiger partial charge in [0.1, 0.15) is 0 Å². The molecule has 4 nitrogen and oxygen atoms in total. The maximum Gasteiger partial charge on any atom is 0.0597 e. The first-order valence-electron chi connectivity index (χ1n) is 4.69. The van der Waals surface area contributed by atoms with Crippen LogP contribution in [0.5, 0.6) is 0 Å². The van der Waals surface area contributed by atoms with Crippen molar-refractivity contribution in [1.82, 2.24) is 20.4 Å². The zero-order chi connectivity index (χ0) is 9.26. The molecular weight excluding hydrogens is 164 g/mol. The van der Waals surface area contributed by atoms with Crippen molar-refractivity contribution in [3.8, 4) is 0 Å². The van der Waals surface area contributed by atoms with E-state index in [1.165, 1.54) is 5.69 Å². The molecule has 2 heterocycles. The molecule has 2 N–H and O–H groups in total. The third-order valence-corrected chi connectivity index (χ3v) is 2.45. The molecule has 0 saturated carbocycles. The molecule has 1 saturated heterocycles. The van der Waals surface area contributed by atoms with Crippen molar-refractivity contribution in [2.75, 3.05) is 13.1 Å². The Morgan fingerprint density at radius 1 is 1.69 bits per heavy atom. The molecule has 0 spiro atoms. The molecule has 1 aromatic heterocycles. The average Bonchev–Trinajstić information content (AvgIpc) is 2.27. The van der Waals surface area contributed by atoms with Gasteiger partial charge >= 0.3 is 0 Å². The van der Waals surface area contributed by atoms with E-state index in [4.69, 9.17) is 0 Å². The predicted molar refractivity (Wildman–Crippen MR) is 51.4 cm³/mol. The van der Waals surface area contributed by atoms with Gasteiger partial charge in [0.2, 0.25) is 0 Å². The summed E-state index contributed by atoms with van der Waals surface area (Å²) in [4.78, 5) is 0. The SMILES string of the molecule is Cc1cc(CNC2CNC2)n(C)n1. The highest BCUT2D eigenvalue weighted by Crippen LogP contribution is 2.02. The van der Waals surface area contributed by atoms with Crippen LogP contribution in [-0.2, 0) is 13.6 Å². The minimum Gasteiger partial charge on any atom is -0.314 e. The fourth-order valence-electron chi connectivity index (χ4n) is 1.51. The van der Waals surface area contributed by atoms with Crippen molar-refractivity contribution in [2.45, 2.75) is 19.5 Å². The third-order valence-electron chi connectivity index (χ3n) is 2.45. The largest absolute Gasteiger partial charge is 0.314 e. The molecule has 0 amide bonds. The summed E-state index contributed by atoms with van der Waals surface area (Å²) in [6, 6.07) is 2.77. The molecule has 1 aliphatic heterocycles. The Labute approximate surface area is 78.3 Å². The normalized spacial score (nSPS) is 17.4. The third kappa shape index (κ3) is 1.89. The molecule has 0 bridgehead atoms. The molecule has 0 aromatic carbocycles. The fourth-order valence-corrected chi connectivity index (χ4v) is 1.51. The van der Waals surface area contributed by atoms with Gasteiger partial charge in [-0.25, -0.2) is 0 Å². The van der Waals surface area contributed by atoms with Crippen molar-refractivity contribution in [1.29, 1.82) is 0 Å². The fraction of sp³-hybridized carbons (Fsp3) is 0.667. The van der Waals surface area contributed by atoms with Crippen LogP contribution in [0.3, 0.4) is 0 Å². The quantitative estimate of drug-likeness (QED) is 0.676. The van der Waals surface area contributed by atoms with Crippen LogP contribution in [0.15, 0.2) is 6.07 Å². The highest BCUT2D eigenvalue weighted by Gasteiger charge is 2.15. The summed E-state index contributed by atoms with van der Waals surface area (Å²) in [6.07, 6.45) is 0. The molecule has 0 radical (unpaired) electrons. The van der Waals surface area contributed by atoms with E-state index in [0.29, 0.717) is 6.04 Å². The molecule has 0 aliphatic carbocycles. The van der Waals surface area contributed by atoms with Gasteiger partial charge in [0, 0.05) is 32.7 Å². The van der Waals surface area contributed by atoms with Crippen LogP contribution < -0.4 is 10.6 Å². The molecular formula is C9H16N4. The number of hydrogen-bond acceptors (Lipinski definition) is 3. The van der Waals surface area contributed by atoms with Crippen LogP contribution in [0.2, 0.25) is 0 Å². The van der Waals surface area contributed by atoms with Crippen LogP contribution in [0.1, 0.15) is 11.4 Å². The van der Waals surface area contributed by atoms with Gasteiger partial charge in [0.25, 0.3) is 0 Å². The van der Waals surface area contributed by atoms with E-state index < -0.39 is 0 Å². The van der Waals surface area contributed by atoms with E-state index in [-0.39, 0.29) is 0 Å². The Morgan fingerprint density at radius 2 is 2.46 bits per heavy atom. The summed E-state index contributed by atoms with van der Waals surface area (Å²) in [5.41, 5.74) is 2.34. The molecule has 4 heteroatoms. The highest BCUT2D eigenvalue weighted by atomic mass is 15.3. The van der Waals surface area contributed by atoms with Crippen LogP contribution in [-0.4, -0.2) is 28.9 Å². The first-order chi connectivity index (χ1) is 6.25. The standard InChI is InChI=1S/C9H16N4/c1-7-3-9(13(2)12-7)6-11-8-4-10-5-8/h3,8,10-11H,4-6H2,1-2H3. The number of nitrogens with zero attached hydrogens (tertiary/aromatic N) is 2. The van der Waals surface area contributed by atoms with Crippen molar-refractivity contribution >= 4 is 0 Å². The summed E-state index contributed by atoms with van der Waals surface area (Å²) in [5, 5.41) is 11.0. The van der Waals surface area contributed by atoms with Gasteiger partial charge in [-0.3, -0.25) is 4.68 Å². The van der Waals surface area contributed by atoms with Crippen LogP contribution in [0, 0.1) is 6.92 Å². The minimum absolute atomic E-state index is 0.648. The maximum atomic E-state index is 4.29. The Balaban J connectivity index is 1.89. The first-order valence-corrected chi connectivity index (χ1v) is 4.69. The van der Waals surface area contributed by atoms with Gasteiger partial charge in [-0.15, -0.1) is 0 Å². The number of aryl methyl sites for hydroxylation is 2. The van der Waals surface area contributed by atoms with Gasteiger partial charge < -0.3 is 10.6 Å². The molecule has 1 aliphatic rings. The van der Waals surface area contributed by atoms with Gasteiger partial charge in [-0.1, -0.05) is 0 Å². The average molecular weight is 180 g/mol. The van der Waals surface area contributed by atoms with E-state index in [9.17, 15) is 0 Å². The zero-order valence-electron chi connectivity index (χ0n) is 8.17. The number of hydrogen-bond donors (Lipinski definition) is 2. The van der Waals surface area contributed by atoms with Crippen LogP contribution in [0.4, 0.5) is 0 Å². The number of aromatic nitrogens is 2. The monoisotopic (exact) mass is 180 g/mol. The summed E-state index contributed by atoms with van der Waals surface area (Å²) in [7, 11) is 1.99. The second-order valence-electron chi connectivity index (χ2n) is 3.64. The van der Waals surface area contributed by atoms with E-state index in [1.807, 2.05) is 18.7 Å². The lowest BCUT2D eigenvalue weighted by Crippen LogP contribution is -2.55.